The maximum Gasteiger partial charge on any atom is 0.128 e. The van der Waals surface area contributed by atoms with Crippen LogP contribution in [0.3, 0.4) is 0 Å². The molecule has 0 spiro atoms. The Labute approximate surface area is 103 Å². The summed E-state index contributed by atoms with van der Waals surface area (Å²) in [6.07, 6.45) is 1.37. The number of ether oxygens (including phenoxy) is 1. The van der Waals surface area contributed by atoms with Gasteiger partial charge in [-0.15, -0.1) is 0 Å². The zero-order valence-corrected chi connectivity index (χ0v) is 10.8. The molecule has 0 saturated carbocycles. The van der Waals surface area contributed by atoms with Gasteiger partial charge in [0.05, 0.1) is 17.8 Å². The van der Waals surface area contributed by atoms with Gasteiger partial charge in [-0.05, 0) is 32.5 Å². The van der Waals surface area contributed by atoms with Crippen molar-refractivity contribution in [2.45, 2.75) is 32.0 Å². The van der Waals surface area contributed by atoms with E-state index in [0.29, 0.717) is 6.04 Å². The fourth-order valence-corrected chi connectivity index (χ4v) is 2.34. The number of likely N-dealkylation sites (N-methyl/N-ethyl adjacent to an activating group) is 1. The van der Waals surface area contributed by atoms with Crippen LogP contribution in [0.5, 0.6) is 0 Å². The third kappa shape index (κ3) is 2.76. The Morgan fingerprint density at radius 3 is 3.00 bits per heavy atom. The highest BCUT2D eigenvalue weighted by molar-refractivity contribution is 5.40. The van der Waals surface area contributed by atoms with Crippen molar-refractivity contribution in [1.29, 1.82) is 0 Å². The highest BCUT2D eigenvalue weighted by atomic mass is 16.5. The second kappa shape index (κ2) is 5.47. The van der Waals surface area contributed by atoms with Crippen LogP contribution >= 0.6 is 0 Å². The maximum absolute atomic E-state index is 5.60. The SMILES string of the molecule is CNCc1cccc(N(C)C2CCOC2C)n1. The number of anilines is 1. The van der Waals surface area contributed by atoms with Gasteiger partial charge >= 0.3 is 0 Å². The van der Waals surface area contributed by atoms with Crippen LogP contribution < -0.4 is 10.2 Å². The van der Waals surface area contributed by atoms with Gasteiger partial charge in [0.25, 0.3) is 0 Å². The highest BCUT2D eigenvalue weighted by Crippen LogP contribution is 2.22. The van der Waals surface area contributed by atoms with Crippen molar-refractivity contribution in [2.75, 3.05) is 25.6 Å². The van der Waals surface area contributed by atoms with Gasteiger partial charge in [0.1, 0.15) is 5.82 Å². The van der Waals surface area contributed by atoms with Crippen molar-refractivity contribution < 1.29 is 4.74 Å². The van der Waals surface area contributed by atoms with Crippen LogP contribution in [0.15, 0.2) is 18.2 Å². The van der Waals surface area contributed by atoms with Crippen LogP contribution in [0, 0.1) is 0 Å². The summed E-state index contributed by atoms with van der Waals surface area (Å²) in [6.45, 7) is 3.79. The molecule has 2 heterocycles. The van der Waals surface area contributed by atoms with E-state index >= 15 is 0 Å². The molecule has 0 amide bonds. The Balaban J connectivity index is 2.12. The molecule has 1 aromatic rings. The molecule has 4 heteroatoms. The van der Waals surface area contributed by atoms with Gasteiger partial charge in [-0.25, -0.2) is 4.98 Å². The Morgan fingerprint density at radius 1 is 1.53 bits per heavy atom. The first-order valence-corrected chi connectivity index (χ1v) is 6.17. The van der Waals surface area contributed by atoms with Crippen molar-refractivity contribution in [3.05, 3.63) is 23.9 Å². The first-order valence-electron chi connectivity index (χ1n) is 6.17. The zero-order valence-electron chi connectivity index (χ0n) is 10.8. The molecule has 4 nitrogen and oxygen atoms in total. The molecule has 1 aromatic heterocycles. The molecule has 1 N–H and O–H groups in total. The number of hydrogen-bond acceptors (Lipinski definition) is 4. The van der Waals surface area contributed by atoms with E-state index in [4.69, 9.17) is 4.74 Å². The number of nitrogens with zero attached hydrogens (tertiary/aromatic N) is 2. The summed E-state index contributed by atoms with van der Waals surface area (Å²) in [5.41, 5.74) is 1.07. The fraction of sp³-hybridized carbons (Fsp3) is 0.615. The molecule has 0 bridgehead atoms. The Kier molecular flexibility index (Phi) is 3.97. The summed E-state index contributed by atoms with van der Waals surface area (Å²) in [6, 6.07) is 6.60. The van der Waals surface area contributed by atoms with E-state index in [9.17, 15) is 0 Å². The third-order valence-electron chi connectivity index (χ3n) is 3.35. The van der Waals surface area contributed by atoms with E-state index < -0.39 is 0 Å². The second-order valence-corrected chi connectivity index (χ2v) is 4.56. The summed E-state index contributed by atoms with van der Waals surface area (Å²) >= 11 is 0. The lowest BCUT2D eigenvalue weighted by Crippen LogP contribution is -2.37. The molecule has 2 unspecified atom stereocenters. The van der Waals surface area contributed by atoms with Crippen molar-refractivity contribution in [1.82, 2.24) is 10.3 Å². The van der Waals surface area contributed by atoms with E-state index in [1.54, 1.807) is 0 Å². The van der Waals surface area contributed by atoms with Crippen LogP contribution in [-0.2, 0) is 11.3 Å². The van der Waals surface area contributed by atoms with E-state index in [1.165, 1.54) is 0 Å². The average molecular weight is 235 g/mol. The smallest absolute Gasteiger partial charge is 0.128 e. The molecule has 2 rings (SSSR count). The number of nitrogens with one attached hydrogen (secondary N) is 1. The number of rotatable bonds is 4. The molecule has 1 aliphatic heterocycles. The van der Waals surface area contributed by atoms with Crippen molar-refractivity contribution >= 4 is 5.82 Å². The van der Waals surface area contributed by atoms with Gasteiger partial charge in [0.2, 0.25) is 0 Å². The first-order chi connectivity index (χ1) is 8.22. The standard InChI is InChI=1S/C13H21N3O/c1-10-12(7-8-17-10)16(3)13-6-4-5-11(15-13)9-14-2/h4-6,10,12,14H,7-9H2,1-3H3. The Bertz CT molecular complexity index is 369. The maximum atomic E-state index is 5.60. The molecule has 17 heavy (non-hydrogen) atoms. The molecule has 0 aliphatic carbocycles. The van der Waals surface area contributed by atoms with E-state index in [-0.39, 0.29) is 6.10 Å². The summed E-state index contributed by atoms with van der Waals surface area (Å²) in [5.74, 6) is 1.03. The van der Waals surface area contributed by atoms with E-state index in [1.807, 2.05) is 13.1 Å². The van der Waals surface area contributed by atoms with Gasteiger partial charge < -0.3 is 15.0 Å². The van der Waals surface area contributed by atoms with Crippen LogP contribution in [-0.4, -0.2) is 37.8 Å². The van der Waals surface area contributed by atoms with Crippen LogP contribution in [0.25, 0.3) is 0 Å². The van der Waals surface area contributed by atoms with E-state index in [2.05, 4.69) is 41.3 Å². The van der Waals surface area contributed by atoms with Crippen LogP contribution in [0.1, 0.15) is 19.0 Å². The molecular weight excluding hydrogens is 214 g/mol. The summed E-state index contributed by atoms with van der Waals surface area (Å²) in [7, 11) is 4.03. The first kappa shape index (κ1) is 12.3. The minimum atomic E-state index is 0.287. The molecule has 1 saturated heterocycles. The number of hydrogen-bond donors (Lipinski definition) is 1. The third-order valence-corrected chi connectivity index (χ3v) is 3.35. The molecule has 2 atom stereocenters. The van der Waals surface area contributed by atoms with Gasteiger partial charge in [0, 0.05) is 20.2 Å². The monoisotopic (exact) mass is 235 g/mol. The molecule has 1 aliphatic rings. The van der Waals surface area contributed by atoms with Crippen molar-refractivity contribution in [3.63, 3.8) is 0 Å². The lowest BCUT2D eigenvalue weighted by Gasteiger charge is -2.28. The van der Waals surface area contributed by atoms with Gasteiger partial charge in [0.15, 0.2) is 0 Å². The van der Waals surface area contributed by atoms with Crippen LogP contribution in [0.4, 0.5) is 5.82 Å². The molecule has 94 valence electrons. The van der Waals surface area contributed by atoms with Gasteiger partial charge in [-0.1, -0.05) is 6.07 Å². The lowest BCUT2D eigenvalue weighted by molar-refractivity contribution is 0.118. The normalized spacial score (nSPS) is 23.9. The molecule has 0 aromatic carbocycles. The summed E-state index contributed by atoms with van der Waals surface area (Å²) < 4.78 is 5.60. The number of aromatic nitrogens is 1. The zero-order chi connectivity index (χ0) is 12.3. The summed E-state index contributed by atoms with van der Waals surface area (Å²) in [4.78, 5) is 6.88. The Hall–Kier alpha value is -1.13. The quantitative estimate of drug-likeness (QED) is 0.856. The molecule has 0 radical (unpaired) electrons. The van der Waals surface area contributed by atoms with Gasteiger partial charge in [-0.3, -0.25) is 0 Å². The molecular formula is C13H21N3O. The fourth-order valence-electron chi connectivity index (χ4n) is 2.34. The van der Waals surface area contributed by atoms with Crippen molar-refractivity contribution in [3.8, 4) is 0 Å². The molecule has 1 fully saturated rings. The van der Waals surface area contributed by atoms with Gasteiger partial charge in [-0.2, -0.15) is 0 Å². The predicted octanol–water partition coefficient (Wildman–Crippen LogP) is 1.41. The second-order valence-electron chi connectivity index (χ2n) is 4.56. The minimum absolute atomic E-state index is 0.287. The summed E-state index contributed by atoms with van der Waals surface area (Å²) in [5, 5.41) is 3.12. The largest absolute Gasteiger partial charge is 0.376 e. The highest BCUT2D eigenvalue weighted by Gasteiger charge is 2.28. The topological polar surface area (TPSA) is 37.4 Å². The van der Waals surface area contributed by atoms with Crippen molar-refractivity contribution in [2.24, 2.45) is 0 Å². The van der Waals surface area contributed by atoms with E-state index in [0.717, 1.165) is 31.1 Å². The average Bonchev–Trinajstić information content (AvgIpc) is 2.75. The predicted molar refractivity (Wildman–Crippen MR) is 69.2 cm³/mol. The van der Waals surface area contributed by atoms with Crippen LogP contribution in [0.2, 0.25) is 0 Å². The lowest BCUT2D eigenvalue weighted by atomic mass is 10.1. The number of pyridine rings is 1. The minimum Gasteiger partial charge on any atom is -0.376 e. The Morgan fingerprint density at radius 2 is 2.35 bits per heavy atom.